The summed E-state index contributed by atoms with van der Waals surface area (Å²) in [5.74, 6) is -1.08. The number of carbonyl (C=O) groups is 3. The number of hydrogen-bond acceptors (Lipinski definition) is 7. The highest BCUT2D eigenvalue weighted by Gasteiger charge is 1.89. The Morgan fingerprint density at radius 2 is 1.04 bits per heavy atom. The molecule has 7 nitrogen and oxygen atoms in total. The zero-order valence-corrected chi connectivity index (χ0v) is 16.8. The van der Waals surface area contributed by atoms with E-state index in [2.05, 4.69) is 44.8 Å². The number of rotatable bonds is 8. The quantitative estimate of drug-likeness (QED) is 0.308. The van der Waals surface area contributed by atoms with Gasteiger partial charge in [0.2, 0.25) is 0 Å². The molecule has 0 fully saturated rings. The minimum absolute atomic E-state index is 0.102. The van der Waals surface area contributed by atoms with Crippen LogP contribution in [0.1, 0.15) is 46.0 Å². The van der Waals surface area contributed by atoms with Gasteiger partial charge in [0.05, 0.1) is 25.4 Å². The van der Waals surface area contributed by atoms with Crippen LogP contribution in [0.2, 0.25) is 0 Å². The molecule has 0 aliphatic carbocycles. The largest absolute Gasteiger partial charge is 0.481 e. The van der Waals surface area contributed by atoms with Crippen LogP contribution in [0.4, 0.5) is 0 Å². The molecule has 0 bridgehead atoms. The van der Waals surface area contributed by atoms with Crippen molar-refractivity contribution in [1.82, 2.24) is 0 Å². The van der Waals surface area contributed by atoms with Gasteiger partial charge in [-0.3, -0.25) is 14.4 Å². The zero-order chi connectivity index (χ0) is 20.0. The molecule has 146 valence electrons. The molecule has 24 heavy (non-hydrogen) atoms. The van der Waals surface area contributed by atoms with Gasteiger partial charge in [0, 0.05) is 17.3 Å². The second-order valence-corrected chi connectivity index (χ2v) is 5.58. The van der Waals surface area contributed by atoms with E-state index in [0.29, 0.717) is 17.3 Å². The first-order valence-electron chi connectivity index (χ1n) is 7.24. The Morgan fingerprint density at radius 1 is 0.792 bits per heavy atom. The van der Waals surface area contributed by atoms with Gasteiger partial charge in [0.25, 0.3) is 0 Å². The van der Waals surface area contributed by atoms with Crippen LogP contribution in [0.3, 0.4) is 0 Å². The molecule has 0 saturated carbocycles. The Labute approximate surface area is 160 Å². The number of aliphatic hydroxyl groups excluding tert-OH is 1. The van der Waals surface area contributed by atoms with Gasteiger partial charge in [-0.1, -0.05) is 13.3 Å². The van der Waals surface area contributed by atoms with Gasteiger partial charge in [0.1, 0.15) is 0 Å². The van der Waals surface area contributed by atoms with E-state index in [4.69, 9.17) is 20.4 Å². The summed E-state index contributed by atoms with van der Waals surface area (Å²) >= 11 is 11.0. The highest BCUT2D eigenvalue weighted by molar-refractivity contribution is 7.80. The summed E-state index contributed by atoms with van der Waals surface area (Å²) in [6, 6.07) is 0. The molecule has 0 saturated heterocycles. The lowest BCUT2D eigenvalue weighted by Gasteiger charge is -1.95. The third kappa shape index (κ3) is 68.5. The SMILES string of the molecule is CCCC(C)O.O=C(O)CCS.O=C(O)CCS.O=C(O)CCS. The fourth-order valence-corrected chi connectivity index (χ4v) is 1.28. The second-order valence-electron chi connectivity index (χ2n) is 4.24. The van der Waals surface area contributed by atoms with Gasteiger partial charge < -0.3 is 20.4 Å². The Morgan fingerprint density at radius 3 is 1.04 bits per heavy atom. The van der Waals surface area contributed by atoms with Crippen molar-refractivity contribution in [3.05, 3.63) is 0 Å². The molecule has 1 unspecified atom stereocenters. The predicted molar refractivity (Wildman–Crippen MR) is 105 cm³/mol. The molecule has 0 aliphatic rings. The standard InChI is InChI=1S/C5H12O.3C3H6O2S/c1-3-4-5(2)6;3*4-3(5)1-2-6/h5-6H,3-4H2,1-2H3;3*6H,1-2H2,(H,4,5). The molecular formula is C14H30O7S3. The third-order valence-electron chi connectivity index (χ3n) is 1.68. The number of carboxylic acids is 3. The maximum atomic E-state index is 9.55. The van der Waals surface area contributed by atoms with Crippen molar-refractivity contribution >= 4 is 55.8 Å². The van der Waals surface area contributed by atoms with Crippen LogP contribution < -0.4 is 0 Å². The molecule has 0 rings (SSSR count). The van der Waals surface area contributed by atoms with Crippen LogP contribution >= 0.6 is 37.9 Å². The van der Waals surface area contributed by atoms with Gasteiger partial charge in [0.15, 0.2) is 0 Å². The lowest BCUT2D eigenvalue weighted by Crippen LogP contribution is -1.95. The Balaban J connectivity index is -0.000000111. The lowest BCUT2D eigenvalue weighted by atomic mass is 10.2. The number of thiol groups is 3. The first kappa shape index (κ1) is 31.2. The molecule has 0 aromatic rings. The maximum Gasteiger partial charge on any atom is 0.304 e. The van der Waals surface area contributed by atoms with Gasteiger partial charge >= 0.3 is 17.9 Å². The smallest absolute Gasteiger partial charge is 0.304 e. The molecule has 0 amide bonds. The Bertz CT molecular complexity index is 262. The predicted octanol–water partition coefficient (Wildman–Crippen LogP) is 2.34. The van der Waals surface area contributed by atoms with Crippen molar-refractivity contribution < 1.29 is 34.8 Å². The van der Waals surface area contributed by atoms with Crippen LogP contribution in [0.25, 0.3) is 0 Å². The van der Waals surface area contributed by atoms with Crippen molar-refractivity contribution in [3.8, 4) is 0 Å². The summed E-state index contributed by atoms with van der Waals surface area (Å²) in [5, 5.41) is 32.1. The van der Waals surface area contributed by atoms with Crippen LogP contribution in [0.15, 0.2) is 0 Å². The third-order valence-corrected chi connectivity index (χ3v) is 2.35. The Hall–Kier alpha value is -0.580. The highest BCUT2D eigenvalue weighted by atomic mass is 32.1. The van der Waals surface area contributed by atoms with Crippen LogP contribution in [-0.2, 0) is 14.4 Å². The Kier molecular flexibility index (Phi) is 35.5. The molecule has 1 atom stereocenters. The minimum Gasteiger partial charge on any atom is -0.481 e. The van der Waals surface area contributed by atoms with Crippen LogP contribution in [0, 0.1) is 0 Å². The van der Waals surface area contributed by atoms with E-state index in [0.717, 1.165) is 12.8 Å². The summed E-state index contributed by atoms with van der Waals surface area (Å²) in [6.07, 6.45) is 2.38. The summed E-state index contributed by atoms with van der Waals surface area (Å²) in [4.78, 5) is 28.7. The van der Waals surface area contributed by atoms with Crippen LogP contribution in [-0.4, -0.2) is 61.7 Å². The number of carboxylic acid groups (broad SMARTS) is 3. The first-order valence-corrected chi connectivity index (χ1v) is 9.14. The van der Waals surface area contributed by atoms with Crippen LogP contribution in [0.5, 0.6) is 0 Å². The summed E-state index contributed by atoms with van der Waals surface area (Å²) in [6.45, 7) is 3.87. The molecule has 4 N–H and O–H groups in total. The summed E-state index contributed by atoms with van der Waals surface area (Å²) in [7, 11) is 0. The molecule has 10 heteroatoms. The maximum absolute atomic E-state index is 9.55. The minimum atomic E-state index is -0.787. The lowest BCUT2D eigenvalue weighted by molar-refractivity contribution is -0.137. The number of aliphatic hydroxyl groups is 1. The van der Waals surface area contributed by atoms with E-state index in [9.17, 15) is 14.4 Å². The molecule has 0 spiro atoms. The van der Waals surface area contributed by atoms with Crippen molar-refractivity contribution in [1.29, 1.82) is 0 Å². The average Bonchev–Trinajstić information content (AvgIpc) is 2.39. The van der Waals surface area contributed by atoms with Gasteiger partial charge in [-0.25, -0.2) is 0 Å². The van der Waals surface area contributed by atoms with Crippen molar-refractivity contribution in [2.45, 2.75) is 52.1 Å². The van der Waals surface area contributed by atoms with E-state index < -0.39 is 17.9 Å². The van der Waals surface area contributed by atoms with E-state index >= 15 is 0 Å². The van der Waals surface area contributed by atoms with Gasteiger partial charge in [-0.15, -0.1) is 0 Å². The highest BCUT2D eigenvalue weighted by Crippen LogP contribution is 1.91. The summed E-state index contributed by atoms with van der Waals surface area (Å²) in [5.41, 5.74) is 0. The molecule has 0 aromatic carbocycles. The number of aliphatic carboxylic acids is 3. The molecule has 0 aromatic heterocycles. The molecule has 0 heterocycles. The second kappa shape index (κ2) is 27.3. The molecular weight excluding hydrogens is 376 g/mol. The van der Waals surface area contributed by atoms with E-state index in [-0.39, 0.29) is 25.4 Å². The van der Waals surface area contributed by atoms with E-state index in [1.54, 1.807) is 0 Å². The average molecular weight is 407 g/mol. The van der Waals surface area contributed by atoms with E-state index in [1.165, 1.54) is 0 Å². The monoisotopic (exact) mass is 406 g/mol. The van der Waals surface area contributed by atoms with Gasteiger partial charge in [-0.05, 0) is 13.3 Å². The zero-order valence-electron chi connectivity index (χ0n) is 14.1. The van der Waals surface area contributed by atoms with Crippen molar-refractivity contribution in [2.75, 3.05) is 17.3 Å². The number of hydrogen-bond donors (Lipinski definition) is 7. The van der Waals surface area contributed by atoms with Gasteiger partial charge in [-0.2, -0.15) is 37.9 Å². The van der Waals surface area contributed by atoms with Crippen molar-refractivity contribution in [2.24, 2.45) is 0 Å². The normalized spacial score (nSPS) is 9.75. The molecule has 0 aliphatic heterocycles. The fourth-order valence-electron chi connectivity index (χ4n) is 0.705. The van der Waals surface area contributed by atoms with E-state index in [1.807, 2.05) is 6.92 Å². The first-order chi connectivity index (χ1) is 11.1. The molecule has 0 radical (unpaired) electrons. The topological polar surface area (TPSA) is 132 Å². The van der Waals surface area contributed by atoms with Crippen molar-refractivity contribution in [3.63, 3.8) is 0 Å². The fraction of sp³-hybridized carbons (Fsp3) is 0.786. The summed E-state index contributed by atoms with van der Waals surface area (Å²) < 4.78 is 0.